The largest absolute Gasteiger partial charge is 0.378 e. The summed E-state index contributed by atoms with van der Waals surface area (Å²) in [5, 5.41) is 11.0. The zero-order chi connectivity index (χ0) is 12.8. The molecular formula is C13H24N4O. The van der Waals surface area contributed by atoms with Gasteiger partial charge in [0, 0.05) is 26.3 Å². The molecule has 1 aromatic heterocycles. The number of hydrogen-bond donors (Lipinski definition) is 2. The van der Waals surface area contributed by atoms with E-state index in [1.165, 1.54) is 0 Å². The van der Waals surface area contributed by atoms with Gasteiger partial charge in [-0.1, -0.05) is 0 Å². The lowest BCUT2D eigenvalue weighted by atomic mass is 10.1. The molecule has 1 saturated heterocycles. The SMILES string of the molecule is Cc1cc(NCCCOC2CCNCC2)n(C)n1. The Bertz CT molecular complexity index is 358. The summed E-state index contributed by atoms with van der Waals surface area (Å²) in [6.07, 6.45) is 3.79. The van der Waals surface area contributed by atoms with E-state index in [-0.39, 0.29) is 0 Å². The van der Waals surface area contributed by atoms with Crippen molar-refractivity contribution >= 4 is 5.82 Å². The van der Waals surface area contributed by atoms with Gasteiger partial charge < -0.3 is 15.4 Å². The summed E-state index contributed by atoms with van der Waals surface area (Å²) in [6.45, 7) is 5.97. The van der Waals surface area contributed by atoms with Crippen molar-refractivity contribution in [3.63, 3.8) is 0 Å². The van der Waals surface area contributed by atoms with Crippen molar-refractivity contribution in [2.75, 3.05) is 31.6 Å². The summed E-state index contributed by atoms with van der Waals surface area (Å²) in [5.74, 6) is 1.08. The fourth-order valence-corrected chi connectivity index (χ4v) is 2.28. The molecule has 0 unspecified atom stereocenters. The molecule has 0 aliphatic carbocycles. The summed E-state index contributed by atoms with van der Waals surface area (Å²) in [4.78, 5) is 0. The second-order valence-electron chi connectivity index (χ2n) is 4.90. The molecule has 18 heavy (non-hydrogen) atoms. The Labute approximate surface area is 109 Å². The highest BCUT2D eigenvalue weighted by Gasteiger charge is 2.12. The van der Waals surface area contributed by atoms with Gasteiger partial charge in [-0.3, -0.25) is 4.68 Å². The van der Waals surface area contributed by atoms with Crippen LogP contribution in [0, 0.1) is 6.92 Å². The van der Waals surface area contributed by atoms with Crippen LogP contribution in [0.3, 0.4) is 0 Å². The van der Waals surface area contributed by atoms with Crippen molar-refractivity contribution in [1.29, 1.82) is 0 Å². The van der Waals surface area contributed by atoms with Crippen LogP contribution in [0.25, 0.3) is 0 Å². The Morgan fingerprint density at radius 1 is 1.50 bits per heavy atom. The summed E-state index contributed by atoms with van der Waals surface area (Å²) in [7, 11) is 1.96. The van der Waals surface area contributed by atoms with E-state index >= 15 is 0 Å². The van der Waals surface area contributed by atoms with Crippen LogP contribution in [-0.2, 0) is 11.8 Å². The van der Waals surface area contributed by atoms with Crippen LogP contribution in [-0.4, -0.2) is 42.1 Å². The van der Waals surface area contributed by atoms with Crippen molar-refractivity contribution in [3.05, 3.63) is 11.8 Å². The molecule has 2 N–H and O–H groups in total. The Morgan fingerprint density at radius 2 is 2.28 bits per heavy atom. The third kappa shape index (κ3) is 3.99. The molecule has 0 amide bonds. The normalized spacial score (nSPS) is 17.0. The summed E-state index contributed by atoms with van der Waals surface area (Å²) in [5.41, 5.74) is 1.05. The number of anilines is 1. The fraction of sp³-hybridized carbons (Fsp3) is 0.769. The van der Waals surface area contributed by atoms with Crippen LogP contribution < -0.4 is 10.6 Å². The molecule has 1 aliphatic heterocycles. The van der Waals surface area contributed by atoms with Crippen LogP contribution in [0.4, 0.5) is 5.82 Å². The van der Waals surface area contributed by atoms with E-state index in [4.69, 9.17) is 4.74 Å². The van der Waals surface area contributed by atoms with Gasteiger partial charge in [0.2, 0.25) is 0 Å². The minimum atomic E-state index is 0.463. The molecule has 0 bridgehead atoms. The first kappa shape index (κ1) is 13.4. The lowest BCUT2D eigenvalue weighted by Gasteiger charge is -2.22. The minimum absolute atomic E-state index is 0.463. The van der Waals surface area contributed by atoms with E-state index in [2.05, 4.69) is 21.8 Å². The third-order valence-electron chi connectivity index (χ3n) is 3.27. The van der Waals surface area contributed by atoms with Crippen LogP contribution in [0.15, 0.2) is 6.07 Å². The number of nitrogens with one attached hydrogen (secondary N) is 2. The maximum absolute atomic E-state index is 5.85. The van der Waals surface area contributed by atoms with Gasteiger partial charge in [-0.15, -0.1) is 0 Å². The van der Waals surface area contributed by atoms with Crippen molar-refractivity contribution < 1.29 is 4.74 Å². The summed E-state index contributed by atoms with van der Waals surface area (Å²) < 4.78 is 7.73. The van der Waals surface area contributed by atoms with Gasteiger partial charge in [0.1, 0.15) is 5.82 Å². The quantitative estimate of drug-likeness (QED) is 0.749. The number of nitrogens with zero attached hydrogens (tertiary/aromatic N) is 2. The minimum Gasteiger partial charge on any atom is -0.378 e. The number of aromatic nitrogens is 2. The van der Waals surface area contributed by atoms with Crippen LogP contribution in [0.5, 0.6) is 0 Å². The molecule has 5 nitrogen and oxygen atoms in total. The van der Waals surface area contributed by atoms with Gasteiger partial charge in [-0.05, 0) is 39.3 Å². The smallest absolute Gasteiger partial charge is 0.124 e. The Balaban J connectivity index is 1.57. The molecule has 0 atom stereocenters. The monoisotopic (exact) mass is 252 g/mol. The number of aryl methyl sites for hydroxylation is 2. The summed E-state index contributed by atoms with van der Waals surface area (Å²) in [6, 6.07) is 2.06. The van der Waals surface area contributed by atoms with Crippen LogP contribution >= 0.6 is 0 Å². The first-order valence-electron chi connectivity index (χ1n) is 6.82. The van der Waals surface area contributed by atoms with Gasteiger partial charge in [0.15, 0.2) is 0 Å². The Kier molecular flexibility index (Phi) is 5.01. The van der Waals surface area contributed by atoms with Crippen molar-refractivity contribution in [2.24, 2.45) is 7.05 Å². The highest BCUT2D eigenvalue weighted by Crippen LogP contribution is 2.09. The topological polar surface area (TPSA) is 51.1 Å². The molecule has 0 aromatic carbocycles. The maximum Gasteiger partial charge on any atom is 0.124 e. The molecule has 102 valence electrons. The standard InChI is InChI=1S/C13H24N4O/c1-11-10-13(17(2)16-11)15-6-3-9-18-12-4-7-14-8-5-12/h10,12,14-15H,3-9H2,1-2H3. The Morgan fingerprint density at radius 3 is 2.94 bits per heavy atom. The van der Waals surface area contributed by atoms with Gasteiger partial charge in [0.25, 0.3) is 0 Å². The molecule has 0 saturated carbocycles. The number of piperidine rings is 1. The number of hydrogen-bond acceptors (Lipinski definition) is 4. The fourth-order valence-electron chi connectivity index (χ4n) is 2.28. The predicted molar refractivity (Wildman–Crippen MR) is 72.9 cm³/mol. The molecule has 0 radical (unpaired) electrons. The highest BCUT2D eigenvalue weighted by molar-refractivity contribution is 5.36. The summed E-state index contributed by atoms with van der Waals surface area (Å²) >= 11 is 0. The zero-order valence-electron chi connectivity index (χ0n) is 11.4. The van der Waals surface area contributed by atoms with Crippen LogP contribution in [0.1, 0.15) is 25.0 Å². The third-order valence-corrected chi connectivity index (χ3v) is 3.27. The maximum atomic E-state index is 5.85. The zero-order valence-corrected chi connectivity index (χ0v) is 11.4. The molecule has 1 aromatic rings. The average molecular weight is 252 g/mol. The van der Waals surface area contributed by atoms with E-state index in [0.29, 0.717) is 6.10 Å². The second kappa shape index (κ2) is 6.75. The molecule has 2 rings (SSSR count). The van der Waals surface area contributed by atoms with E-state index in [1.54, 1.807) is 0 Å². The van der Waals surface area contributed by atoms with Gasteiger partial charge in [0.05, 0.1) is 11.8 Å². The van der Waals surface area contributed by atoms with Crippen LogP contribution in [0.2, 0.25) is 0 Å². The second-order valence-corrected chi connectivity index (χ2v) is 4.90. The van der Waals surface area contributed by atoms with E-state index < -0.39 is 0 Å². The van der Waals surface area contributed by atoms with Gasteiger partial charge >= 0.3 is 0 Å². The van der Waals surface area contributed by atoms with E-state index in [1.807, 2.05) is 18.7 Å². The first-order valence-corrected chi connectivity index (χ1v) is 6.82. The number of ether oxygens (including phenoxy) is 1. The Hall–Kier alpha value is -1.07. The molecule has 2 heterocycles. The van der Waals surface area contributed by atoms with Gasteiger partial charge in [-0.2, -0.15) is 5.10 Å². The van der Waals surface area contributed by atoms with E-state index in [9.17, 15) is 0 Å². The lowest BCUT2D eigenvalue weighted by molar-refractivity contribution is 0.0329. The highest BCUT2D eigenvalue weighted by atomic mass is 16.5. The first-order chi connectivity index (χ1) is 8.75. The molecule has 1 aliphatic rings. The van der Waals surface area contributed by atoms with Gasteiger partial charge in [-0.25, -0.2) is 0 Å². The van der Waals surface area contributed by atoms with Crippen molar-refractivity contribution in [1.82, 2.24) is 15.1 Å². The lowest BCUT2D eigenvalue weighted by Crippen LogP contribution is -2.32. The molecule has 5 heteroatoms. The average Bonchev–Trinajstić information content (AvgIpc) is 2.69. The van der Waals surface area contributed by atoms with Crippen molar-refractivity contribution in [3.8, 4) is 0 Å². The molecule has 0 spiro atoms. The number of rotatable bonds is 6. The van der Waals surface area contributed by atoms with E-state index in [0.717, 1.165) is 57.0 Å². The molecular weight excluding hydrogens is 228 g/mol. The molecule has 1 fully saturated rings. The predicted octanol–water partition coefficient (Wildman–Crippen LogP) is 1.30. The van der Waals surface area contributed by atoms with Crippen molar-refractivity contribution in [2.45, 2.75) is 32.3 Å².